The first-order valence-corrected chi connectivity index (χ1v) is 8.20. The highest BCUT2D eigenvalue weighted by atomic mass is 16.5. The van der Waals surface area contributed by atoms with Crippen molar-refractivity contribution in [3.8, 4) is 5.75 Å². The van der Waals surface area contributed by atoms with Gasteiger partial charge in [-0.3, -0.25) is 9.13 Å². The van der Waals surface area contributed by atoms with E-state index in [1.165, 1.54) is 0 Å². The molecular weight excluding hydrogens is 302 g/mol. The molecule has 0 atom stereocenters. The third-order valence-corrected chi connectivity index (χ3v) is 4.62. The van der Waals surface area contributed by atoms with E-state index in [9.17, 15) is 4.79 Å². The molecule has 0 unspecified atom stereocenters. The third kappa shape index (κ3) is 2.28. The van der Waals surface area contributed by atoms with Crippen molar-refractivity contribution in [1.82, 2.24) is 9.13 Å². The van der Waals surface area contributed by atoms with Crippen LogP contribution in [-0.4, -0.2) is 22.3 Å². The van der Waals surface area contributed by atoms with Gasteiger partial charge in [0.15, 0.2) is 0 Å². The van der Waals surface area contributed by atoms with Gasteiger partial charge >= 0.3 is 5.69 Å². The Morgan fingerprint density at radius 2 is 1.96 bits per heavy atom. The Morgan fingerprint density at radius 1 is 1.12 bits per heavy atom. The molecule has 2 aromatic carbocycles. The number of anilines is 1. The molecule has 1 aliphatic heterocycles. The predicted molar refractivity (Wildman–Crippen MR) is 96.2 cm³/mol. The molecule has 0 saturated carbocycles. The van der Waals surface area contributed by atoms with E-state index in [1.807, 2.05) is 36.7 Å². The third-order valence-electron chi connectivity index (χ3n) is 4.62. The fourth-order valence-corrected chi connectivity index (χ4v) is 3.45. The van der Waals surface area contributed by atoms with Crippen LogP contribution in [-0.2, 0) is 13.6 Å². The summed E-state index contributed by atoms with van der Waals surface area (Å²) in [7, 11) is 1.82. The topological polar surface area (TPSA) is 48.2 Å². The predicted octanol–water partition coefficient (Wildman–Crippen LogP) is 2.81. The first-order valence-electron chi connectivity index (χ1n) is 8.20. The van der Waals surface area contributed by atoms with Crippen molar-refractivity contribution in [2.24, 2.45) is 7.05 Å². The fourth-order valence-electron chi connectivity index (χ4n) is 3.45. The van der Waals surface area contributed by atoms with Crippen molar-refractivity contribution in [2.75, 3.05) is 18.5 Å². The molecule has 0 radical (unpaired) electrons. The number of hydrogen-bond donors (Lipinski definition) is 1. The second-order valence-electron chi connectivity index (χ2n) is 6.49. The van der Waals surface area contributed by atoms with E-state index in [-0.39, 0.29) is 5.69 Å². The van der Waals surface area contributed by atoms with Crippen LogP contribution in [0.1, 0.15) is 16.7 Å². The Balaban J connectivity index is 1.89. The quantitative estimate of drug-likeness (QED) is 0.789. The van der Waals surface area contributed by atoms with Gasteiger partial charge in [0.25, 0.3) is 0 Å². The minimum Gasteiger partial charge on any atom is -0.490 e. The smallest absolute Gasteiger partial charge is 0.329 e. The number of ether oxygens (including phenoxy) is 1. The molecule has 0 spiro atoms. The van der Waals surface area contributed by atoms with Crippen molar-refractivity contribution in [3.63, 3.8) is 0 Å². The lowest BCUT2D eigenvalue weighted by Gasteiger charge is -2.23. The van der Waals surface area contributed by atoms with Crippen molar-refractivity contribution < 1.29 is 4.74 Å². The Morgan fingerprint density at radius 3 is 2.79 bits per heavy atom. The SMILES string of the molecule is Cc1cc(Cn2c(=O)n(C)c3ccc(C)cc32)c2c(c1)OCCN2. The van der Waals surface area contributed by atoms with Gasteiger partial charge in [0, 0.05) is 13.6 Å². The first kappa shape index (κ1) is 14.9. The number of hydrogen-bond acceptors (Lipinski definition) is 3. The number of fused-ring (bicyclic) bond motifs is 2. The van der Waals surface area contributed by atoms with E-state index in [0.29, 0.717) is 13.2 Å². The molecule has 0 amide bonds. The van der Waals surface area contributed by atoms with Crippen molar-refractivity contribution in [2.45, 2.75) is 20.4 Å². The van der Waals surface area contributed by atoms with Gasteiger partial charge in [-0.25, -0.2) is 4.79 Å². The van der Waals surface area contributed by atoms with Crippen LogP contribution in [0.3, 0.4) is 0 Å². The van der Waals surface area contributed by atoms with E-state index >= 15 is 0 Å². The zero-order valence-electron chi connectivity index (χ0n) is 14.2. The van der Waals surface area contributed by atoms with E-state index in [4.69, 9.17) is 4.74 Å². The highest BCUT2D eigenvalue weighted by Crippen LogP contribution is 2.33. The zero-order chi connectivity index (χ0) is 16.8. The molecule has 5 nitrogen and oxygen atoms in total. The van der Waals surface area contributed by atoms with Gasteiger partial charge in [-0.2, -0.15) is 0 Å². The summed E-state index contributed by atoms with van der Waals surface area (Å²) >= 11 is 0. The molecule has 124 valence electrons. The summed E-state index contributed by atoms with van der Waals surface area (Å²) in [6.07, 6.45) is 0. The van der Waals surface area contributed by atoms with Crippen LogP contribution in [0.4, 0.5) is 5.69 Å². The summed E-state index contributed by atoms with van der Waals surface area (Å²) in [5.41, 5.74) is 6.30. The number of nitrogens with zero attached hydrogens (tertiary/aromatic N) is 2. The first-order chi connectivity index (χ1) is 11.5. The van der Waals surface area contributed by atoms with E-state index < -0.39 is 0 Å². The van der Waals surface area contributed by atoms with E-state index in [0.717, 1.165) is 45.7 Å². The largest absolute Gasteiger partial charge is 0.490 e. The number of aromatic nitrogens is 2. The standard InChI is InChI=1S/C19H21N3O2/c1-12-4-5-15-16(9-12)22(19(23)21(15)3)11-14-8-13(2)10-17-18(14)20-6-7-24-17/h4-5,8-10,20H,6-7,11H2,1-3H3. The van der Waals surface area contributed by atoms with Crippen LogP contribution in [0.2, 0.25) is 0 Å². The van der Waals surface area contributed by atoms with Gasteiger partial charge in [-0.05, 0) is 48.7 Å². The molecule has 24 heavy (non-hydrogen) atoms. The molecule has 2 heterocycles. The fraction of sp³-hybridized carbons (Fsp3) is 0.316. The normalized spacial score (nSPS) is 13.5. The second-order valence-corrected chi connectivity index (χ2v) is 6.49. The summed E-state index contributed by atoms with van der Waals surface area (Å²) < 4.78 is 9.32. The lowest BCUT2D eigenvalue weighted by Crippen LogP contribution is -2.24. The Bertz CT molecular complexity index is 998. The molecule has 5 heteroatoms. The minimum atomic E-state index is 0.00239. The van der Waals surface area contributed by atoms with E-state index in [2.05, 4.69) is 24.4 Å². The molecule has 1 aromatic heterocycles. The molecule has 0 aliphatic carbocycles. The second kappa shape index (κ2) is 5.44. The highest BCUT2D eigenvalue weighted by molar-refractivity contribution is 5.77. The van der Waals surface area contributed by atoms with Crippen LogP contribution in [0.25, 0.3) is 11.0 Å². The van der Waals surface area contributed by atoms with Gasteiger partial charge in [0.05, 0.1) is 23.3 Å². The van der Waals surface area contributed by atoms with E-state index in [1.54, 1.807) is 4.57 Å². The Labute approximate surface area is 140 Å². The molecule has 1 N–H and O–H groups in total. The lowest BCUT2D eigenvalue weighted by molar-refractivity contribution is 0.322. The van der Waals surface area contributed by atoms with Gasteiger partial charge in [-0.15, -0.1) is 0 Å². The highest BCUT2D eigenvalue weighted by Gasteiger charge is 2.18. The maximum Gasteiger partial charge on any atom is 0.329 e. The van der Waals surface area contributed by atoms with Crippen LogP contribution in [0, 0.1) is 13.8 Å². The van der Waals surface area contributed by atoms with Gasteiger partial charge < -0.3 is 10.1 Å². The van der Waals surface area contributed by atoms with Crippen molar-refractivity contribution in [3.05, 3.63) is 57.5 Å². The summed E-state index contributed by atoms with van der Waals surface area (Å²) in [6.45, 7) is 6.08. The summed E-state index contributed by atoms with van der Waals surface area (Å²) in [4.78, 5) is 12.7. The van der Waals surface area contributed by atoms with Gasteiger partial charge in [0.2, 0.25) is 0 Å². The monoisotopic (exact) mass is 323 g/mol. The molecule has 4 rings (SSSR count). The van der Waals surface area contributed by atoms with Gasteiger partial charge in [-0.1, -0.05) is 12.1 Å². The minimum absolute atomic E-state index is 0.00239. The molecular formula is C19H21N3O2. The molecule has 1 aliphatic rings. The maximum absolute atomic E-state index is 12.7. The number of imidazole rings is 1. The van der Waals surface area contributed by atoms with Crippen LogP contribution < -0.4 is 15.7 Å². The molecule has 0 bridgehead atoms. The molecule has 0 saturated heterocycles. The Kier molecular flexibility index (Phi) is 3.37. The number of rotatable bonds is 2. The zero-order valence-corrected chi connectivity index (χ0v) is 14.2. The summed E-state index contributed by atoms with van der Waals surface area (Å²) in [5.74, 6) is 0.876. The summed E-state index contributed by atoms with van der Waals surface area (Å²) in [6, 6.07) is 10.3. The summed E-state index contributed by atoms with van der Waals surface area (Å²) in [5, 5.41) is 3.42. The average molecular weight is 323 g/mol. The maximum atomic E-state index is 12.7. The average Bonchev–Trinajstić information content (AvgIpc) is 2.79. The van der Waals surface area contributed by atoms with Crippen molar-refractivity contribution >= 4 is 16.7 Å². The van der Waals surface area contributed by atoms with Crippen LogP contribution in [0.15, 0.2) is 35.1 Å². The number of aryl methyl sites for hydroxylation is 3. The lowest BCUT2D eigenvalue weighted by atomic mass is 10.1. The van der Waals surface area contributed by atoms with Gasteiger partial charge in [0.1, 0.15) is 12.4 Å². The van der Waals surface area contributed by atoms with Crippen molar-refractivity contribution in [1.29, 1.82) is 0 Å². The number of benzene rings is 2. The number of nitrogens with one attached hydrogen (secondary N) is 1. The van der Waals surface area contributed by atoms with Crippen LogP contribution >= 0.6 is 0 Å². The van der Waals surface area contributed by atoms with Crippen LogP contribution in [0.5, 0.6) is 5.75 Å². The molecule has 3 aromatic rings. The Hall–Kier alpha value is -2.69. The molecule has 0 fully saturated rings.